The SMILES string of the molecule is CCC1(C)Nc2ccccc2-c2nnc(SCc3ccc(Cl)cc3)nc2O1. The Kier molecular flexibility index (Phi) is 4.93. The Morgan fingerprint density at radius 3 is 2.67 bits per heavy atom. The summed E-state index contributed by atoms with van der Waals surface area (Å²) >= 11 is 7.46. The Morgan fingerprint density at radius 2 is 1.89 bits per heavy atom. The van der Waals surface area contributed by atoms with Gasteiger partial charge in [0.05, 0.1) is 0 Å². The van der Waals surface area contributed by atoms with Crippen LogP contribution in [0.3, 0.4) is 0 Å². The Labute approximate surface area is 167 Å². The number of nitrogens with zero attached hydrogens (tertiary/aromatic N) is 3. The molecule has 3 aromatic rings. The second kappa shape index (κ2) is 7.37. The number of nitrogens with one attached hydrogen (secondary N) is 1. The van der Waals surface area contributed by atoms with Gasteiger partial charge in [0.15, 0.2) is 11.4 Å². The minimum Gasteiger partial charge on any atom is -0.450 e. The van der Waals surface area contributed by atoms with Gasteiger partial charge in [0.2, 0.25) is 11.0 Å². The number of benzene rings is 2. The minimum absolute atomic E-state index is 0.505. The fraction of sp³-hybridized carbons (Fsp3) is 0.250. The molecule has 0 aliphatic carbocycles. The first-order chi connectivity index (χ1) is 13.1. The average Bonchev–Trinajstić information content (AvgIpc) is 2.81. The normalized spacial score (nSPS) is 17.9. The van der Waals surface area contributed by atoms with Gasteiger partial charge in [-0.05, 0) is 30.7 Å². The zero-order chi connectivity index (χ0) is 18.9. The van der Waals surface area contributed by atoms with Crippen molar-refractivity contribution in [2.75, 3.05) is 5.32 Å². The van der Waals surface area contributed by atoms with E-state index in [0.717, 1.165) is 34.0 Å². The molecule has 0 fully saturated rings. The molecule has 0 amide bonds. The molecule has 0 saturated carbocycles. The number of aromatic nitrogens is 3. The van der Waals surface area contributed by atoms with Crippen molar-refractivity contribution in [1.29, 1.82) is 0 Å². The molecule has 2 aromatic carbocycles. The number of rotatable bonds is 4. The molecule has 0 saturated heterocycles. The molecule has 1 aliphatic rings. The molecule has 1 unspecified atom stereocenters. The lowest BCUT2D eigenvalue weighted by molar-refractivity contribution is 0.109. The average molecular weight is 399 g/mol. The maximum absolute atomic E-state index is 6.23. The van der Waals surface area contributed by atoms with Gasteiger partial charge >= 0.3 is 0 Å². The van der Waals surface area contributed by atoms with Crippen LogP contribution in [-0.4, -0.2) is 20.9 Å². The van der Waals surface area contributed by atoms with E-state index in [1.54, 1.807) is 0 Å². The van der Waals surface area contributed by atoms with E-state index in [0.29, 0.717) is 16.7 Å². The molecule has 0 bridgehead atoms. The summed E-state index contributed by atoms with van der Waals surface area (Å²) in [7, 11) is 0. The number of hydrogen-bond acceptors (Lipinski definition) is 6. The number of hydrogen-bond donors (Lipinski definition) is 1. The molecule has 1 atom stereocenters. The van der Waals surface area contributed by atoms with E-state index in [4.69, 9.17) is 16.3 Å². The first-order valence-electron chi connectivity index (χ1n) is 8.75. The molecule has 2 heterocycles. The zero-order valence-electron chi connectivity index (χ0n) is 15.1. The van der Waals surface area contributed by atoms with Gasteiger partial charge in [0, 0.05) is 28.4 Å². The van der Waals surface area contributed by atoms with Gasteiger partial charge in [-0.1, -0.05) is 60.6 Å². The molecule has 7 heteroatoms. The Balaban J connectivity index is 1.65. The number of halogens is 1. The van der Waals surface area contributed by atoms with Crippen LogP contribution in [0.15, 0.2) is 53.7 Å². The van der Waals surface area contributed by atoms with Crippen LogP contribution in [0.2, 0.25) is 5.02 Å². The lowest BCUT2D eigenvalue weighted by Crippen LogP contribution is -2.40. The highest BCUT2D eigenvalue weighted by atomic mass is 35.5. The molecule has 4 rings (SSSR count). The maximum Gasteiger partial charge on any atom is 0.247 e. The fourth-order valence-corrected chi connectivity index (χ4v) is 3.67. The summed E-state index contributed by atoms with van der Waals surface area (Å²) in [4.78, 5) is 4.65. The molecule has 0 spiro atoms. The van der Waals surface area contributed by atoms with Crippen molar-refractivity contribution in [3.8, 4) is 17.1 Å². The van der Waals surface area contributed by atoms with Crippen LogP contribution in [0.5, 0.6) is 5.88 Å². The smallest absolute Gasteiger partial charge is 0.247 e. The summed E-state index contributed by atoms with van der Waals surface area (Å²) in [6.45, 7) is 4.09. The fourth-order valence-electron chi connectivity index (χ4n) is 2.81. The van der Waals surface area contributed by atoms with Gasteiger partial charge in [-0.15, -0.1) is 10.2 Å². The quantitative estimate of drug-likeness (QED) is 0.592. The van der Waals surface area contributed by atoms with Gasteiger partial charge in [0.25, 0.3) is 0 Å². The summed E-state index contributed by atoms with van der Waals surface area (Å²) in [5, 5.41) is 13.5. The van der Waals surface area contributed by atoms with Crippen molar-refractivity contribution in [2.45, 2.75) is 36.9 Å². The van der Waals surface area contributed by atoms with Crippen LogP contribution >= 0.6 is 23.4 Å². The zero-order valence-corrected chi connectivity index (χ0v) is 16.6. The third-order valence-electron chi connectivity index (χ3n) is 4.49. The standard InChI is InChI=1S/C20H19ClN4OS/c1-3-20(2)23-16-7-5-4-6-15(16)17-18(26-20)22-19(25-24-17)27-12-13-8-10-14(21)11-9-13/h4-11,23H,3,12H2,1-2H3. The molecule has 138 valence electrons. The van der Waals surface area contributed by atoms with Gasteiger partial charge in [-0.25, -0.2) is 0 Å². The number of fused-ring (bicyclic) bond motifs is 3. The first-order valence-corrected chi connectivity index (χ1v) is 10.1. The van der Waals surface area contributed by atoms with E-state index in [-0.39, 0.29) is 0 Å². The van der Waals surface area contributed by atoms with E-state index in [2.05, 4.69) is 27.4 Å². The van der Waals surface area contributed by atoms with E-state index < -0.39 is 5.72 Å². The van der Waals surface area contributed by atoms with E-state index in [1.165, 1.54) is 11.8 Å². The van der Waals surface area contributed by atoms with E-state index in [9.17, 15) is 0 Å². The number of thioether (sulfide) groups is 1. The molecular weight excluding hydrogens is 380 g/mol. The van der Waals surface area contributed by atoms with Crippen LogP contribution in [-0.2, 0) is 5.75 Å². The van der Waals surface area contributed by atoms with Gasteiger partial charge in [-0.2, -0.15) is 4.98 Å². The van der Waals surface area contributed by atoms with Crippen LogP contribution < -0.4 is 10.1 Å². The maximum atomic E-state index is 6.23. The monoisotopic (exact) mass is 398 g/mol. The molecule has 1 N–H and O–H groups in total. The Morgan fingerprint density at radius 1 is 1.11 bits per heavy atom. The number of para-hydroxylation sites is 1. The highest BCUT2D eigenvalue weighted by molar-refractivity contribution is 7.98. The van der Waals surface area contributed by atoms with Gasteiger partial charge in [-0.3, -0.25) is 0 Å². The van der Waals surface area contributed by atoms with Crippen LogP contribution in [0.1, 0.15) is 25.8 Å². The summed E-state index contributed by atoms with van der Waals surface area (Å²) in [6, 6.07) is 15.7. The number of ether oxygens (including phenoxy) is 1. The van der Waals surface area contributed by atoms with Crippen molar-refractivity contribution in [1.82, 2.24) is 15.2 Å². The summed E-state index contributed by atoms with van der Waals surface area (Å²) in [6.07, 6.45) is 0.776. The van der Waals surface area contributed by atoms with Crippen molar-refractivity contribution < 1.29 is 4.74 Å². The highest BCUT2D eigenvalue weighted by Gasteiger charge is 2.32. The summed E-state index contributed by atoms with van der Waals surface area (Å²) in [5.74, 6) is 1.24. The van der Waals surface area contributed by atoms with E-state index >= 15 is 0 Å². The van der Waals surface area contributed by atoms with E-state index in [1.807, 2.05) is 55.5 Å². The topological polar surface area (TPSA) is 59.9 Å². The van der Waals surface area contributed by atoms with Gasteiger partial charge < -0.3 is 10.1 Å². The summed E-state index contributed by atoms with van der Waals surface area (Å²) < 4.78 is 6.23. The Bertz CT molecular complexity index is 966. The number of anilines is 1. The molecule has 1 aliphatic heterocycles. The van der Waals surface area contributed by atoms with Crippen LogP contribution in [0.4, 0.5) is 5.69 Å². The molecule has 1 aromatic heterocycles. The van der Waals surface area contributed by atoms with Crippen LogP contribution in [0.25, 0.3) is 11.3 Å². The predicted molar refractivity (Wildman–Crippen MR) is 109 cm³/mol. The molecule has 0 radical (unpaired) electrons. The summed E-state index contributed by atoms with van der Waals surface area (Å²) in [5.41, 5.74) is 3.16. The lowest BCUT2D eigenvalue weighted by atomic mass is 10.1. The molecule has 5 nitrogen and oxygen atoms in total. The minimum atomic E-state index is -0.560. The molecule has 27 heavy (non-hydrogen) atoms. The van der Waals surface area contributed by atoms with Crippen molar-refractivity contribution in [3.05, 3.63) is 59.1 Å². The van der Waals surface area contributed by atoms with Crippen molar-refractivity contribution in [2.24, 2.45) is 0 Å². The second-order valence-corrected chi connectivity index (χ2v) is 7.90. The molecular formula is C20H19ClN4OS. The lowest BCUT2D eigenvalue weighted by Gasteiger charge is -2.29. The van der Waals surface area contributed by atoms with Gasteiger partial charge in [0.1, 0.15) is 0 Å². The highest BCUT2D eigenvalue weighted by Crippen LogP contribution is 2.39. The Hall–Kier alpha value is -2.31. The van der Waals surface area contributed by atoms with Crippen molar-refractivity contribution in [3.63, 3.8) is 0 Å². The predicted octanol–water partition coefficient (Wildman–Crippen LogP) is 5.41. The largest absolute Gasteiger partial charge is 0.450 e. The third kappa shape index (κ3) is 3.87. The van der Waals surface area contributed by atoms with Crippen LogP contribution in [0, 0.1) is 0 Å². The first kappa shape index (κ1) is 18.1. The third-order valence-corrected chi connectivity index (χ3v) is 5.66. The second-order valence-electron chi connectivity index (χ2n) is 6.52. The van der Waals surface area contributed by atoms with Crippen molar-refractivity contribution >= 4 is 29.1 Å².